The smallest absolute Gasteiger partial charge is 0.308 e. The minimum Gasteiger partial charge on any atom is -0.308 e. The molecule has 0 saturated heterocycles. The van der Waals surface area contributed by atoms with Gasteiger partial charge >= 0.3 is 6.03 Å². The maximum absolute atomic E-state index is 12.2. The molecule has 4 heteroatoms. The first kappa shape index (κ1) is 15.5. The topological polar surface area (TPSA) is 54.0 Å². The molecule has 0 aliphatic heterocycles. The number of hydrogen-bond donors (Lipinski definition) is 2. The highest BCUT2D eigenvalue weighted by Gasteiger charge is 2.21. The second-order valence-corrected chi connectivity index (χ2v) is 6.05. The molecule has 0 bridgehead atoms. The number of carbonyl (C=O) groups excluding carboxylic acids is 1. The van der Waals surface area contributed by atoms with Crippen molar-refractivity contribution in [1.82, 2.24) is 4.98 Å². The Morgan fingerprint density at radius 3 is 2.57 bits per heavy atom. The van der Waals surface area contributed by atoms with E-state index in [0.717, 1.165) is 17.7 Å². The van der Waals surface area contributed by atoms with Crippen LogP contribution in [0, 0.1) is 0 Å². The van der Waals surface area contributed by atoms with Gasteiger partial charge in [-0.25, -0.2) is 9.78 Å². The van der Waals surface area contributed by atoms with E-state index in [1.165, 1.54) is 31.2 Å². The molecule has 23 heavy (non-hydrogen) atoms. The van der Waals surface area contributed by atoms with Crippen LogP contribution in [0.5, 0.6) is 0 Å². The van der Waals surface area contributed by atoms with E-state index < -0.39 is 0 Å². The summed E-state index contributed by atoms with van der Waals surface area (Å²) in [6.45, 7) is 2.11. The van der Waals surface area contributed by atoms with E-state index in [9.17, 15) is 4.79 Å². The number of urea groups is 1. The molecule has 4 nitrogen and oxygen atoms in total. The molecule has 2 aromatic rings. The Labute approximate surface area is 137 Å². The second kappa shape index (κ2) is 7.27. The minimum absolute atomic E-state index is 0.243. The molecule has 0 spiro atoms. The molecule has 1 aromatic carbocycles. The van der Waals surface area contributed by atoms with Crippen LogP contribution in [0.3, 0.4) is 0 Å². The SMILES string of the molecule is CCc1ccc(NC(=O)Nc2ncccc2C2CCCC2)cc1. The third kappa shape index (κ3) is 3.89. The standard InChI is InChI=1S/C19H23N3O/c1-2-14-9-11-16(12-10-14)21-19(23)22-18-17(8-5-13-20-18)15-6-3-4-7-15/h5,8-13,15H,2-4,6-7H2,1H3,(H2,20,21,22,23). The summed E-state index contributed by atoms with van der Waals surface area (Å²) in [5.74, 6) is 1.20. The van der Waals surface area contributed by atoms with Crippen LogP contribution in [0.4, 0.5) is 16.3 Å². The normalized spacial score (nSPS) is 14.7. The van der Waals surface area contributed by atoms with Gasteiger partial charge in [-0.15, -0.1) is 0 Å². The number of carbonyl (C=O) groups is 1. The first-order valence-electron chi connectivity index (χ1n) is 8.38. The third-order valence-electron chi connectivity index (χ3n) is 4.49. The average Bonchev–Trinajstić information content (AvgIpc) is 3.10. The lowest BCUT2D eigenvalue weighted by Crippen LogP contribution is -2.21. The van der Waals surface area contributed by atoms with Crippen LogP contribution in [0.2, 0.25) is 0 Å². The summed E-state index contributed by atoms with van der Waals surface area (Å²) < 4.78 is 0. The molecule has 120 valence electrons. The summed E-state index contributed by atoms with van der Waals surface area (Å²) >= 11 is 0. The van der Waals surface area contributed by atoms with E-state index in [1.54, 1.807) is 6.20 Å². The summed E-state index contributed by atoms with van der Waals surface area (Å²) in [4.78, 5) is 16.6. The van der Waals surface area contributed by atoms with E-state index >= 15 is 0 Å². The Kier molecular flexibility index (Phi) is 4.91. The predicted octanol–water partition coefficient (Wildman–Crippen LogP) is 4.95. The molecule has 0 radical (unpaired) electrons. The molecule has 1 aliphatic rings. The van der Waals surface area contributed by atoms with Gasteiger partial charge in [-0.2, -0.15) is 0 Å². The van der Waals surface area contributed by atoms with Crippen molar-refractivity contribution in [3.05, 3.63) is 53.7 Å². The van der Waals surface area contributed by atoms with Crippen LogP contribution in [-0.4, -0.2) is 11.0 Å². The molecule has 1 fully saturated rings. The van der Waals surface area contributed by atoms with Crippen molar-refractivity contribution in [1.29, 1.82) is 0 Å². The van der Waals surface area contributed by atoms with Gasteiger partial charge in [0, 0.05) is 11.9 Å². The molecule has 0 atom stereocenters. The number of rotatable bonds is 4. The Bertz CT molecular complexity index is 661. The van der Waals surface area contributed by atoms with Crippen LogP contribution in [0.25, 0.3) is 0 Å². The number of hydrogen-bond acceptors (Lipinski definition) is 2. The summed E-state index contributed by atoms with van der Waals surface area (Å²) in [5.41, 5.74) is 3.20. The van der Waals surface area contributed by atoms with Crippen molar-refractivity contribution in [2.75, 3.05) is 10.6 Å². The minimum atomic E-state index is -0.243. The molecule has 0 unspecified atom stereocenters. The number of amides is 2. The van der Waals surface area contributed by atoms with Crippen molar-refractivity contribution in [3.8, 4) is 0 Å². The molecular weight excluding hydrogens is 286 g/mol. The van der Waals surface area contributed by atoms with Gasteiger partial charge < -0.3 is 5.32 Å². The lowest BCUT2D eigenvalue weighted by molar-refractivity contribution is 0.262. The largest absolute Gasteiger partial charge is 0.324 e. The maximum Gasteiger partial charge on any atom is 0.324 e. The number of nitrogens with zero attached hydrogens (tertiary/aromatic N) is 1. The van der Waals surface area contributed by atoms with Gasteiger partial charge in [-0.05, 0) is 54.5 Å². The number of anilines is 2. The number of nitrogens with one attached hydrogen (secondary N) is 2. The fourth-order valence-corrected chi connectivity index (χ4v) is 3.18. The predicted molar refractivity (Wildman–Crippen MR) is 93.9 cm³/mol. The highest BCUT2D eigenvalue weighted by Crippen LogP contribution is 2.36. The monoisotopic (exact) mass is 309 g/mol. The van der Waals surface area contributed by atoms with E-state index in [-0.39, 0.29) is 6.03 Å². The summed E-state index contributed by atoms with van der Waals surface area (Å²) in [5, 5.41) is 5.77. The van der Waals surface area contributed by atoms with Gasteiger partial charge in [-0.3, -0.25) is 5.32 Å². The fraction of sp³-hybridized carbons (Fsp3) is 0.368. The lowest BCUT2D eigenvalue weighted by atomic mass is 9.98. The van der Waals surface area contributed by atoms with Crippen molar-refractivity contribution in [3.63, 3.8) is 0 Å². The number of pyridine rings is 1. The first-order valence-corrected chi connectivity index (χ1v) is 8.38. The van der Waals surface area contributed by atoms with Gasteiger partial charge in [-0.1, -0.05) is 38.0 Å². The van der Waals surface area contributed by atoms with Gasteiger partial charge in [0.05, 0.1) is 0 Å². The summed E-state index contributed by atoms with van der Waals surface area (Å²) in [6, 6.07) is 11.7. The number of benzene rings is 1. The molecule has 2 amide bonds. The quantitative estimate of drug-likeness (QED) is 0.840. The van der Waals surface area contributed by atoms with E-state index in [1.807, 2.05) is 30.3 Å². The Morgan fingerprint density at radius 1 is 1.13 bits per heavy atom. The van der Waals surface area contributed by atoms with Crippen LogP contribution in [0.15, 0.2) is 42.6 Å². The molecule has 3 rings (SSSR count). The van der Waals surface area contributed by atoms with Gasteiger partial charge in [0.2, 0.25) is 0 Å². The van der Waals surface area contributed by atoms with Crippen molar-refractivity contribution in [2.24, 2.45) is 0 Å². The molecule has 2 N–H and O–H groups in total. The second-order valence-electron chi connectivity index (χ2n) is 6.05. The van der Waals surface area contributed by atoms with E-state index in [4.69, 9.17) is 0 Å². The van der Waals surface area contributed by atoms with Crippen LogP contribution in [-0.2, 0) is 6.42 Å². The fourth-order valence-electron chi connectivity index (χ4n) is 3.18. The lowest BCUT2D eigenvalue weighted by Gasteiger charge is -2.15. The molecule has 1 heterocycles. The summed E-state index contributed by atoms with van der Waals surface area (Å²) in [7, 11) is 0. The van der Waals surface area contributed by atoms with Crippen LogP contribution >= 0.6 is 0 Å². The van der Waals surface area contributed by atoms with Crippen LogP contribution < -0.4 is 10.6 Å². The highest BCUT2D eigenvalue weighted by molar-refractivity contribution is 5.99. The average molecular weight is 309 g/mol. The zero-order valence-corrected chi connectivity index (χ0v) is 13.5. The van der Waals surface area contributed by atoms with Gasteiger partial charge in [0.25, 0.3) is 0 Å². The first-order chi connectivity index (χ1) is 11.3. The third-order valence-corrected chi connectivity index (χ3v) is 4.49. The number of aromatic nitrogens is 1. The molecule has 1 saturated carbocycles. The Balaban J connectivity index is 1.67. The Hall–Kier alpha value is -2.36. The zero-order chi connectivity index (χ0) is 16.1. The van der Waals surface area contributed by atoms with Gasteiger partial charge in [0.15, 0.2) is 0 Å². The van der Waals surface area contributed by atoms with Crippen LogP contribution in [0.1, 0.15) is 49.7 Å². The van der Waals surface area contributed by atoms with Crippen molar-refractivity contribution >= 4 is 17.5 Å². The van der Waals surface area contributed by atoms with Crippen molar-refractivity contribution in [2.45, 2.75) is 44.9 Å². The Morgan fingerprint density at radius 2 is 1.87 bits per heavy atom. The van der Waals surface area contributed by atoms with Crippen molar-refractivity contribution < 1.29 is 4.79 Å². The number of aryl methyl sites for hydroxylation is 1. The summed E-state index contributed by atoms with van der Waals surface area (Å²) in [6.07, 6.45) is 7.60. The maximum atomic E-state index is 12.2. The van der Waals surface area contributed by atoms with Gasteiger partial charge in [0.1, 0.15) is 5.82 Å². The van der Waals surface area contributed by atoms with E-state index in [2.05, 4.69) is 28.6 Å². The molecule has 1 aliphatic carbocycles. The molecular formula is C19H23N3O. The molecule has 1 aromatic heterocycles. The zero-order valence-electron chi connectivity index (χ0n) is 13.5. The van der Waals surface area contributed by atoms with E-state index in [0.29, 0.717) is 11.7 Å². The highest BCUT2D eigenvalue weighted by atomic mass is 16.2.